The van der Waals surface area contributed by atoms with Gasteiger partial charge in [-0.1, -0.05) is 13.5 Å². The molecule has 72 valence electrons. The molecule has 0 aromatic carbocycles. The number of hydrogen-bond acceptors (Lipinski definition) is 4. The zero-order chi connectivity index (χ0) is 10.1. The van der Waals surface area contributed by atoms with E-state index < -0.39 is 5.97 Å². The van der Waals surface area contributed by atoms with Crippen molar-refractivity contribution in [2.24, 2.45) is 0 Å². The van der Waals surface area contributed by atoms with Crippen LogP contribution in [0.1, 0.15) is 19.8 Å². The second-order valence-electron chi connectivity index (χ2n) is 2.08. The monoisotopic (exact) mass is 184 g/mol. The highest BCUT2D eigenvalue weighted by molar-refractivity contribution is 5.72. The van der Waals surface area contributed by atoms with E-state index in [1.807, 2.05) is 0 Å². The van der Waals surface area contributed by atoms with Crippen molar-refractivity contribution in [1.29, 1.82) is 0 Å². The second kappa shape index (κ2) is 7.09. The molecule has 0 unspecified atom stereocenters. The van der Waals surface area contributed by atoms with Crippen LogP contribution in [0.15, 0.2) is 25.2 Å². The molecule has 0 amide bonds. The predicted molar refractivity (Wildman–Crippen MR) is 46.4 cm³/mol. The highest BCUT2D eigenvalue weighted by Crippen LogP contribution is 1.91. The predicted octanol–water partition coefficient (Wildman–Crippen LogP) is 1.53. The summed E-state index contributed by atoms with van der Waals surface area (Å²) in [7, 11) is 0. The molecule has 0 aliphatic heterocycles. The first-order valence-electron chi connectivity index (χ1n) is 3.85. The van der Waals surface area contributed by atoms with Crippen LogP contribution < -0.4 is 0 Å². The van der Waals surface area contributed by atoms with E-state index in [1.54, 1.807) is 6.92 Å². The summed E-state index contributed by atoms with van der Waals surface area (Å²) in [6.07, 6.45) is 3.99. The lowest BCUT2D eigenvalue weighted by atomic mass is 10.4. The van der Waals surface area contributed by atoms with Crippen LogP contribution in [0.4, 0.5) is 0 Å². The maximum Gasteiger partial charge on any atom is 0.314 e. The Morgan fingerprint density at radius 3 is 2.54 bits per heavy atom. The lowest BCUT2D eigenvalue weighted by Gasteiger charge is -1.94. The Labute approximate surface area is 76.8 Å². The summed E-state index contributed by atoms with van der Waals surface area (Å²) >= 11 is 0. The van der Waals surface area contributed by atoms with Gasteiger partial charge in [0, 0.05) is 6.42 Å². The molecular weight excluding hydrogens is 172 g/mol. The molecule has 0 aromatic rings. The van der Waals surface area contributed by atoms with Gasteiger partial charge >= 0.3 is 11.9 Å². The van der Waals surface area contributed by atoms with Crippen molar-refractivity contribution in [2.45, 2.75) is 19.8 Å². The first-order valence-corrected chi connectivity index (χ1v) is 3.85. The Hall–Kier alpha value is -1.58. The van der Waals surface area contributed by atoms with Crippen molar-refractivity contribution >= 4 is 11.9 Å². The van der Waals surface area contributed by atoms with Crippen LogP contribution in [0.2, 0.25) is 0 Å². The third-order valence-electron chi connectivity index (χ3n) is 1.08. The largest absolute Gasteiger partial charge is 0.435 e. The fourth-order valence-electron chi connectivity index (χ4n) is 0.493. The van der Waals surface area contributed by atoms with Crippen molar-refractivity contribution < 1.29 is 19.1 Å². The van der Waals surface area contributed by atoms with E-state index in [-0.39, 0.29) is 12.4 Å². The molecule has 0 saturated carbocycles. The standard InChI is InChI=1S/C9H12O4/c1-3-8(10)13-7-5-6-9(11)12-4-2/h4-5,7H,2-3,6H2,1H3. The van der Waals surface area contributed by atoms with Crippen molar-refractivity contribution in [1.82, 2.24) is 0 Å². The molecular formula is C9H12O4. The van der Waals surface area contributed by atoms with E-state index in [4.69, 9.17) is 0 Å². The Bertz CT molecular complexity index is 218. The molecule has 0 aromatic heterocycles. The number of hydrogen-bond donors (Lipinski definition) is 0. The SMILES string of the molecule is C=COC(=O)CC=COC(=O)CC. The van der Waals surface area contributed by atoms with Crippen LogP contribution in [0.5, 0.6) is 0 Å². The third-order valence-corrected chi connectivity index (χ3v) is 1.08. The van der Waals surface area contributed by atoms with Gasteiger partial charge in [0.2, 0.25) is 0 Å². The van der Waals surface area contributed by atoms with Gasteiger partial charge in [0.25, 0.3) is 0 Å². The molecule has 0 bridgehead atoms. The van der Waals surface area contributed by atoms with Crippen LogP contribution in [-0.4, -0.2) is 11.9 Å². The topological polar surface area (TPSA) is 52.6 Å². The van der Waals surface area contributed by atoms with E-state index in [0.29, 0.717) is 6.42 Å². The van der Waals surface area contributed by atoms with Crippen LogP contribution in [0, 0.1) is 0 Å². The summed E-state index contributed by atoms with van der Waals surface area (Å²) in [5, 5.41) is 0. The molecule has 0 aliphatic rings. The van der Waals surface area contributed by atoms with Crippen molar-refractivity contribution in [3.8, 4) is 0 Å². The summed E-state index contributed by atoms with van der Waals surface area (Å²) < 4.78 is 8.98. The lowest BCUT2D eigenvalue weighted by molar-refractivity contribution is -0.139. The maximum absolute atomic E-state index is 10.7. The molecule has 0 N–H and O–H groups in total. The first-order chi connectivity index (χ1) is 6.20. The van der Waals surface area contributed by atoms with Crippen molar-refractivity contribution in [2.75, 3.05) is 0 Å². The minimum atomic E-state index is -0.446. The average Bonchev–Trinajstić information content (AvgIpc) is 2.12. The Kier molecular flexibility index (Phi) is 6.23. The third kappa shape index (κ3) is 6.80. The first kappa shape index (κ1) is 11.4. The van der Waals surface area contributed by atoms with Crippen LogP contribution >= 0.6 is 0 Å². The molecule has 0 saturated heterocycles. The number of carbonyl (C=O) groups is 2. The van der Waals surface area contributed by atoms with Crippen molar-refractivity contribution in [3.63, 3.8) is 0 Å². The fraction of sp³-hybridized carbons (Fsp3) is 0.333. The zero-order valence-corrected chi connectivity index (χ0v) is 7.49. The Morgan fingerprint density at radius 1 is 1.31 bits per heavy atom. The highest BCUT2D eigenvalue weighted by atomic mass is 16.5. The van der Waals surface area contributed by atoms with Crippen LogP contribution in [0.3, 0.4) is 0 Å². The van der Waals surface area contributed by atoms with Gasteiger partial charge in [0.05, 0.1) is 18.9 Å². The van der Waals surface area contributed by atoms with E-state index in [2.05, 4.69) is 16.1 Å². The molecule has 0 rings (SSSR count). The fourth-order valence-corrected chi connectivity index (χ4v) is 0.493. The van der Waals surface area contributed by atoms with Crippen molar-refractivity contribution in [3.05, 3.63) is 25.2 Å². The maximum atomic E-state index is 10.7. The summed E-state index contributed by atoms with van der Waals surface area (Å²) in [6, 6.07) is 0. The summed E-state index contributed by atoms with van der Waals surface area (Å²) in [4.78, 5) is 21.2. The van der Waals surface area contributed by atoms with Crippen LogP contribution in [-0.2, 0) is 19.1 Å². The minimum Gasteiger partial charge on any atom is -0.435 e. The number of carbonyl (C=O) groups excluding carboxylic acids is 2. The Balaban J connectivity index is 3.57. The lowest BCUT2D eigenvalue weighted by Crippen LogP contribution is -1.98. The van der Waals surface area contributed by atoms with Crippen LogP contribution in [0.25, 0.3) is 0 Å². The molecule has 0 radical (unpaired) electrons. The van der Waals surface area contributed by atoms with Gasteiger partial charge in [-0.2, -0.15) is 0 Å². The molecule has 13 heavy (non-hydrogen) atoms. The smallest absolute Gasteiger partial charge is 0.314 e. The number of rotatable bonds is 5. The van der Waals surface area contributed by atoms with E-state index in [9.17, 15) is 9.59 Å². The van der Waals surface area contributed by atoms with Gasteiger partial charge in [-0.05, 0) is 6.08 Å². The van der Waals surface area contributed by atoms with Gasteiger partial charge in [-0.15, -0.1) is 0 Å². The van der Waals surface area contributed by atoms with Gasteiger partial charge < -0.3 is 9.47 Å². The normalized spacial score (nSPS) is 9.62. The molecule has 4 heteroatoms. The molecule has 4 nitrogen and oxygen atoms in total. The van der Waals surface area contributed by atoms with Gasteiger partial charge in [0.15, 0.2) is 0 Å². The van der Waals surface area contributed by atoms with Gasteiger partial charge in [0.1, 0.15) is 0 Å². The van der Waals surface area contributed by atoms with Gasteiger partial charge in [-0.3, -0.25) is 9.59 Å². The van der Waals surface area contributed by atoms with Gasteiger partial charge in [-0.25, -0.2) is 0 Å². The van der Waals surface area contributed by atoms with E-state index in [1.165, 1.54) is 12.3 Å². The molecule has 0 aliphatic carbocycles. The van der Waals surface area contributed by atoms with E-state index >= 15 is 0 Å². The quantitative estimate of drug-likeness (QED) is 0.480. The summed E-state index contributed by atoms with van der Waals surface area (Å²) in [6.45, 7) is 4.90. The minimum absolute atomic E-state index is 0.0585. The summed E-state index contributed by atoms with van der Waals surface area (Å²) in [5.41, 5.74) is 0. The number of esters is 2. The highest BCUT2D eigenvalue weighted by Gasteiger charge is 1.96. The molecule has 0 fully saturated rings. The number of ether oxygens (including phenoxy) is 2. The van der Waals surface area contributed by atoms with E-state index in [0.717, 1.165) is 6.26 Å². The summed E-state index contributed by atoms with van der Waals surface area (Å²) in [5.74, 6) is -0.785. The second-order valence-corrected chi connectivity index (χ2v) is 2.08. The molecule has 0 atom stereocenters. The molecule has 0 spiro atoms. The average molecular weight is 184 g/mol. The zero-order valence-electron chi connectivity index (χ0n) is 7.49. The molecule has 0 heterocycles. The Morgan fingerprint density at radius 2 is 2.00 bits per heavy atom.